The second-order valence-corrected chi connectivity index (χ2v) is 10.5. The minimum atomic E-state index is -3.84. The van der Waals surface area contributed by atoms with Crippen molar-refractivity contribution in [2.75, 3.05) is 6.54 Å². The van der Waals surface area contributed by atoms with Crippen molar-refractivity contribution in [3.8, 4) is 0 Å². The Labute approximate surface area is 200 Å². The van der Waals surface area contributed by atoms with E-state index in [1.165, 1.54) is 12.1 Å². The van der Waals surface area contributed by atoms with E-state index in [4.69, 9.17) is 10.5 Å². The summed E-state index contributed by atoms with van der Waals surface area (Å²) in [4.78, 5) is 20.6. The fraction of sp³-hybridized carbons (Fsp3) is 0.435. The van der Waals surface area contributed by atoms with Gasteiger partial charge in [-0.3, -0.25) is 9.98 Å². The molecule has 0 aliphatic carbocycles. The van der Waals surface area contributed by atoms with Gasteiger partial charge < -0.3 is 20.9 Å². The van der Waals surface area contributed by atoms with E-state index in [0.717, 1.165) is 5.56 Å². The van der Waals surface area contributed by atoms with Gasteiger partial charge in [-0.25, -0.2) is 17.9 Å². The Morgan fingerprint density at radius 3 is 2.47 bits per heavy atom. The smallest absolute Gasteiger partial charge is 0.407 e. The molecule has 5 N–H and O–H groups in total. The Morgan fingerprint density at radius 1 is 1.21 bits per heavy atom. The Bertz CT molecular complexity index is 1070. The van der Waals surface area contributed by atoms with Crippen LogP contribution in [0.25, 0.3) is 0 Å². The Hall–Kier alpha value is -3.18. The zero-order valence-corrected chi connectivity index (χ0v) is 20.7. The number of aliphatic hydroxyl groups is 1. The maximum absolute atomic E-state index is 12.4. The maximum atomic E-state index is 12.4. The molecule has 1 aromatic carbocycles. The van der Waals surface area contributed by atoms with Gasteiger partial charge in [-0.2, -0.15) is 0 Å². The van der Waals surface area contributed by atoms with E-state index in [1.54, 1.807) is 57.3 Å². The molecule has 0 radical (unpaired) electrons. The van der Waals surface area contributed by atoms with Crippen LogP contribution in [-0.2, 0) is 14.8 Å². The summed E-state index contributed by atoms with van der Waals surface area (Å²) in [5.74, 6) is -0.248. The number of hydrogen-bond donors (Lipinski definition) is 4. The second kappa shape index (κ2) is 11.8. The molecular formula is C23H33N5O5S. The number of guanidine groups is 1. The van der Waals surface area contributed by atoms with Gasteiger partial charge in [0.25, 0.3) is 10.0 Å². The number of aromatic nitrogens is 1. The number of ether oxygens (including phenoxy) is 1. The van der Waals surface area contributed by atoms with Crippen molar-refractivity contribution in [3.05, 3.63) is 59.9 Å². The largest absolute Gasteiger partial charge is 0.444 e. The van der Waals surface area contributed by atoms with Gasteiger partial charge in [0.2, 0.25) is 5.96 Å². The molecule has 0 aliphatic heterocycles. The van der Waals surface area contributed by atoms with Crippen molar-refractivity contribution in [2.24, 2.45) is 10.7 Å². The molecule has 0 spiro atoms. The number of nitrogens with one attached hydrogen (secondary N) is 2. The molecule has 1 aromatic heterocycles. The number of benzene rings is 1. The molecule has 0 saturated carbocycles. The molecular weight excluding hydrogens is 458 g/mol. The lowest BCUT2D eigenvalue weighted by Crippen LogP contribution is -2.42. The molecule has 2 aromatic rings. The molecule has 186 valence electrons. The molecule has 10 nitrogen and oxygen atoms in total. The number of nitrogens with zero attached hydrogens (tertiary/aromatic N) is 2. The molecule has 2 atom stereocenters. The number of pyridine rings is 1. The normalized spacial score (nSPS) is 14.2. The molecule has 1 unspecified atom stereocenters. The fourth-order valence-corrected chi connectivity index (χ4v) is 3.93. The van der Waals surface area contributed by atoms with Crippen molar-refractivity contribution in [2.45, 2.75) is 63.2 Å². The van der Waals surface area contributed by atoms with E-state index in [2.05, 4.69) is 20.0 Å². The molecule has 0 saturated heterocycles. The lowest BCUT2D eigenvalue weighted by Gasteiger charge is -2.26. The number of carbonyl (C=O) groups is 1. The van der Waals surface area contributed by atoms with Gasteiger partial charge in [0.1, 0.15) is 11.7 Å². The van der Waals surface area contributed by atoms with Crippen LogP contribution >= 0.6 is 0 Å². The highest BCUT2D eigenvalue weighted by Gasteiger charge is 2.26. The van der Waals surface area contributed by atoms with Crippen LogP contribution in [0.4, 0.5) is 4.79 Å². The molecule has 1 amide bonds. The monoisotopic (exact) mass is 491 g/mol. The summed E-state index contributed by atoms with van der Waals surface area (Å²) in [6, 6.07) is 10.8. The minimum Gasteiger partial charge on any atom is -0.444 e. The van der Waals surface area contributed by atoms with Gasteiger partial charge in [-0.05, 0) is 64.8 Å². The molecule has 0 aliphatic rings. The standard InChI is InChI=1S/C23H33N5O5S/c1-16-10-12-17(13-11-16)34(31,32)28-21(24)26-15-7-9-19(27-22(30)33-23(2,3)4)20(29)18-8-5-6-14-25-18/h5-6,8,10-14,19-20,29H,7,9,15H2,1-4H3,(H,27,30)(H3,24,26,28)/t19-,20?/m0/s1. The first-order valence-electron chi connectivity index (χ1n) is 10.9. The van der Waals surface area contributed by atoms with Crippen LogP contribution in [0.3, 0.4) is 0 Å². The summed E-state index contributed by atoms with van der Waals surface area (Å²) >= 11 is 0. The van der Waals surface area contributed by atoms with Crippen molar-refractivity contribution in [1.82, 2.24) is 15.0 Å². The topological polar surface area (TPSA) is 156 Å². The number of nitrogens with two attached hydrogens (primary N) is 1. The van der Waals surface area contributed by atoms with Crippen molar-refractivity contribution in [3.63, 3.8) is 0 Å². The molecule has 1 heterocycles. The van der Waals surface area contributed by atoms with Crippen molar-refractivity contribution < 1.29 is 23.1 Å². The predicted octanol–water partition coefficient (Wildman–Crippen LogP) is 2.39. The van der Waals surface area contributed by atoms with E-state index >= 15 is 0 Å². The van der Waals surface area contributed by atoms with E-state index in [9.17, 15) is 18.3 Å². The van der Waals surface area contributed by atoms with Gasteiger partial charge in [0, 0.05) is 12.7 Å². The zero-order valence-electron chi connectivity index (χ0n) is 19.9. The fourth-order valence-electron chi connectivity index (χ4n) is 2.98. The van der Waals surface area contributed by atoms with Gasteiger partial charge in [-0.1, -0.05) is 23.8 Å². The molecule has 0 bridgehead atoms. The van der Waals surface area contributed by atoms with Crippen LogP contribution in [0.2, 0.25) is 0 Å². The summed E-state index contributed by atoms with van der Waals surface area (Å²) in [6.45, 7) is 7.25. The first-order valence-corrected chi connectivity index (χ1v) is 12.3. The Balaban J connectivity index is 1.99. The molecule has 0 fully saturated rings. The van der Waals surface area contributed by atoms with Crippen LogP contribution in [0.5, 0.6) is 0 Å². The predicted molar refractivity (Wildman–Crippen MR) is 130 cm³/mol. The van der Waals surface area contributed by atoms with Gasteiger partial charge >= 0.3 is 6.09 Å². The van der Waals surface area contributed by atoms with Crippen molar-refractivity contribution in [1.29, 1.82) is 0 Å². The van der Waals surface area contributed by atoms with Gasteiger partial charge in [-0.15, -0.1) is 0 Å². The Morgan fingerprint density at radius 2 is 1.88 bits per heavy atom. The van der Waals surface area contributed by atoms with Gasteiger partial charge in [0.05, 0.1) is 16.6 Å². The lowest BCUT2D eigenvalue weighted by molar-refractivity contribution is 0.0408. The third-order valence-corrected chi connectivity index (χ3v) is 5.97. The molecule has 11 heteroatoms. The number of hydrogen-bond acceptors (Lipinski definition) is 7. The SMILES string of the molecule is Cc1ccc(S(=O)(=O)NC(N)=NCCC[C@H](NC(=O)OC(C)(C)C)C(O)c2ccccn2)cc1. The highest BCUT2D eigenvalue weighted by atomic mass is 32.2. The average Bonchev–Trinajstić information content (AvgIpc) is 2.74. The number of aliphatic imine (C=N–C) groups is 1. The summed E-state index contributed by atoms with van der Waals surface area (Å²) in [5, 5.41) is 13.4. The number of amides is 1. The number of rotatable bonds is 9. The molecule has 2 rings (SSSR count). The first kappa shape index (κ1) is 27.1. The second-order valence-electron chi connectivity index (χ2n) is 8.78. The third-order valence-electron chi connectivity index (χ3n) is 4.60. The van der Waals surface area contributed by atoms with Crippen LogP contribution in [0.15, 0.2) is 58.5 Å². The quantitative estimate of drug-likeness (QED) is 0.238. The number of carbonyl (C=O) groups excluding carboxylic acids is 1. The number of alkyl carbamates (subject to hydrolysis) is 1. The molecule has 34 heavy (non-hydrogen) atoms. The zero-order chi connectivity index (χ0) is 25.4. The van der Waals surface area contributed by atoms with Crippen LogP contribution in [-0.4, -0.2) is 48.7 Å². The highest BCUT2D eigenvalue weighted by molar-refractivity contribution is 7.90. The van der Waals surface area contributed by atoms with E-state index < -0.39 is 33.9 Å². The minimum absolute atomic E-state index is 0.0800. The number of aliphatic hydroxyl groups excluding tert-OH is 1. The summed E-state index contributed by atoms with van der Waals surface area (Å²) in [5.41, 5.74) is 6.39. The number of sulfonamides is 1. The van der Waals surface area contributed by atoms with Gasteiger partial charge in [0.15, 0.2) is 0 Å². The number of aryl methyl sites for hydroxylation is 1. The van der Waals surface area contributed by atoms with E-state index in [1.807, 2.05) is 6.92 Å². The summed E-state index contributed by atoms with van der Waals surface area (Å²) < 4.78 is 32.3. The van der Waals surface area contributed by atoms with Crippen LogP contribution < -0.4 is 15.8 Å². The summed E-state index contributed by atoms with van der Waals surface area (Å²) in [7, 11) is -3.84. The van der Waals surface area contributed by atoms with Crippen molar-refractivity contribution >= 4 is 22.1 Å². The Kier molecular flexibility index (Phi) is 9.39. The average molecular weight is 492 g/mol. The van der Waals surface area contributed by atoms with Crippen LogP contribution in [0, 0.1) is 6.92 Å². The van der Waals surface area contributed by atoms with E-state index in [0.29, 0.717) is 18.5 Å². The third kappa shape index (κ3) is 8.99. The van der Waals surface area contributed by atoms with Crippen LogP contribution in [0.1, 0.15) is 51.0 Å². The highest BCUT2D eigenvalue weighted by Crippen LogP contribution is 2.19. The van der Waals surface area contributed by atoms with E-state index in [-0.39, 0.29) is 17.4 Å². The maximum Gasteiger partial charge on any atom is 0.407 e. The summed E-state index contributed by atoms with van der Waals surface area (Å²) in [6.07, 6.45) is 0.528. The lowest BCUT2D eigenvalue weighted by atomic mass is 10.0. The first-order chi connectivity index (χ1) is 15.9.